The summed E-state index contributed by atoms with van der Waals surface area (Å²) in [5.74, 6) is 0.579. The van der Waals surface area contributed by atoms with Crippen molar-refractivity contribution in [3.05, 3.63) is 84.2 Å². The predicted octanol–water partition coefficient (Wildman–Crippen LogP) is 3.78. The number of piperidine rings is 1. The van der Waals surface area contributed by atoms with Crippen molar-refractivity contribution in [2.75, 3.05) is 19.7 Å². The van der Waals surface area contributed by atoms with Gasteiger partial charge in [0.05, 0.1) is 12.1 Å². The lowest BCUT2D eigenvalue weighted by Gasteiger charge is -2.23. The molecule has 0 saturated carbocycles. The van der Waals surface area contributed by atoms with Crippen molar-refractivity contribution in [1.29, 1.82) is 0 Å². The van der Waals surface area contributed by atoms with Gasteiger partial charge in [0.25, 0.3) is 5.91 Å². The Bertz CT molecular complexity index is 911. The van der Waals surface area contributed by atoms with Crippen LogP contribution in [0.15, 0.2) is 72.9 Å². The second-order valence-electron chi connectivity index (χ2n) is 7.24. The van der Waals surface area contributed by atoms with Crippen molar-refractivity contribution in [1.82, 2.24) is 20.4 Å². The minimum absolute atomic E-state index is 0. The van der Waals surface area contributed by atoms with E-state index >= 15 is 0 Å². The number of carbonyl (C=O) groups excluding carboxylic acids is 1. The maximum atomic E-state index is 12.9. The van der Waals surface area contributed by atoms with Gasteiger partial charge in [-0.3, -0.25) is 9.48 Å². The standard InChI is InChI=1S/C23H26N4O2.ClH/c28-23(21-13-15-27(26-21)19-10-7-14-24-16-19)25-22(18-8-3-1-4-9-18)17-29-20-11-5-2-6-12-20;/h1-6,8-9,11-13,15,19,22,24H,7,10,14,16-17H2,(H,25,28);1H. The summed E-state index contributed by atoms with van der Waals surface area (Å²) >= 11 is 0. The first kappa shape index (κ1) is 21.9. The quantitative estimate of drug-likeness (QED) is 0.603. The molecule has 0 spiro atoms. The molecule has 1 fully saturated rings. The molecular weight excluding hydrogens is 400 g/mol. The lowest BCUT2D eigenvalue weighted by molar-refractivity contribution is 0.0914. The molecule has 1 aliphatic rings. The number of halogens is 1. The molecule has 0 aliphatic carbocycles. The minimum atomic E-state index is -0.273. The lowest BCUT2D eigenvalue weighted by Crippen LogP contribution is -2.34. The van der Waals surface area contributed by atoms with Crippen LogP contribution in [0, 0.1) is 0 Å². The number of hydrogen-bond acceptors (Lipinski definition) is 4. The highest BCUT2D eigenvalue weighted by Crippen LogP contribution is 2.18. The van der Waals surface area contributed by atoms with Crippen molar-refractivity contribution in [2.45, 2.75) is 24.9 Å². The fraction of sp³-hybridized carbons (Fsp3) is 0.304. The molecule has 0 radical (unpaired) electrons. The highest BCUT2D eigenvalue weighted by molar-refractivity contribution is 5.92. The molecule has 2 heterocycles. The maximum Gasteiger partial charge on any atom is 0.272 e. The molecule has 2 atom stereocenters. The number of ether oxygens (including phenoxy) is 1. The molecule has 4 rings (SSSR count). The van der Waals surface area contributed by atoms with Gasteiger partial charge in [-0.25, -0.2) is 0 Å². The van der Waals surface area contributed by atoms with Gasteiger partial charge in [-0.05, 0) is 43.1 Å². The average molecular weight is 427 g/mol. The smallest absolute Gasteiger partial charge is 0.272 e. The van der Waals surface area contributed by atoms with E-state index in [9.17, 15) is 4.79 Å². The highest BCUT2D eigenvalue weighted by Gasteiger charge is 2.21. The van der Waals surface area contributed by atoms with Gasteiger partial charge in [0.2, 0.25) is 0 Å². The highest BCUT2D eigenvalue weighted by atomic mass is 35.5. The molecule has 7 heteroatoms. The van der Waals surface area contributed by atoms with Crippen LogP contribution in [0.1, 0.15) is 41.0 Å². The van der Waals surface area contributed by atoms with Crippen molar-refractivity contribution in [2.24, 2.45) is 0 Å². The van der Waals surface area contributed by atoms with Crippen LogP contribution >= 0.6 is 12.4 Å². The molecule has 30 heavy (non-hydrogen) atoms. The third kappa shape index (κ3) is 5.62. The zero-order valence-electron chi connectivity index (χ0n) is 16.7. The number of para-hydroxylation sites is 1. The first-order chi connectivity index (χ1) is 14.3. The van der Waals surface area contributed by atoms with E-state index in [-0.39, 0.29) is 24.4 Å². The lowest BCUT2D eigenvalue weighted by atomic mass is 10.1. The van der Waals surface area contributed by atoms with Gasteiger partial charge in [0.15, 0.2) is 0 Å². The Kier molecular flexibility index (Phi) is 7.88. The Balaban J connectivity index is 0.00000256. The summed E-state index contributed by atoms with van der Waals surface area (Å²) in [5.41, 5.74) is 1.42. The van der Waals surface area contributed by atoms with E-state index in [4.69, 9.17) is 4.74 Å². The van der Waals surface area contributed by atoms with Crippen molar-refractivity contribution < 1.29 is 9.53 Å². The summed E-state index contributed by atoms with van der Waals surface area (Å²) in [6, 6.07) is 21.3. The Morgan fingerprint density at radius 1 is 1.13 bits per heavy atom. The summed E-state index contributed by atoms with van der Waals surface area (Å²) in [5, 5.41) is 11.0. The number of aromatic nitrogens is 2. The van der Waals surface area contributed by atoms with Crippen molar-refractivity contribution in [3.63, 3.8) is 0 Å². The van der Waals surface area contributed by atoms with E-state index in [1.54, 1.807) is 6.07 Å². The van der Waals surface area contributed by atoms with Crippen LogP contribution in [-0.4, -0.2) is 35.4 Å². The zero-order valence-corrected chi connectivity index (χ0v) is 17.6. The second kappa shape index (κ2) is 10.8. The van der Waals surface area contributed by atoms with Crippen LogP contribution in [0.5, 0.6) is 5.75 Å². The van der Waals surface area contributed by atoms with Crippen molar-refractivity contribution in [3.8, 4) is 5.75 Å². The SMILES string of the molecule is Cl.O=C(NC(COc1ccccc1)c1ccccc1)c1ccn(C2CCCNC2)n1. The van der Waals surface area contributed by atoms with Crippen LogP contribution in [-0.2, 0) is 0 Å². The average Bonchev–Trinajstić information content (AvgIpc) is 3.29. The molecule has 1 aliphatic heterocycles. The van der Waals surface area contributed by atoms with E-state index in [0.29, 0.717) is 18.3 Å². The first-order valence-electron chi connectivity index (χ1n) is 10.1. The Morgan fingerprint density at radius 3 is 2.57 bits per heavy atom. The summed E-state index contributed by atoms with van der Waals surface area (Å²) in [6.07, 6.45) is 4.09. The molecule has 6 nitrogen and oxygen atoms in total. The number of rotatable bonds is 7. The zero-order chi connectivity index (χ0) is 19.9. The molecule has 1 aromatic heterocycles. The van der Waals surface area contributed by atoms with Crippen LogP contribution in [0.25, 0.3) is 0 Å². The van der Waals surface area contributed by atoms with Crippen molar-refractivity contribution >= 4 is 18.3 Å². The van der Waals surface area contributed by atoms with Crippen LogP contribution in [0.3, 0.4) is 0 Å². The molecular formula is C23H27ClN4O2. The van der Waals surface area contributed by atoms with Crippen LogP contribution in [0.4, 0.5) is 0 Å². The van der Waals surface area contributed by atoms with Gasteiger partial charge in [-0.15, -0.1) is 12.4 Å². The first-order valence-corrected chi connectivity index (χ1v) is 10.1. The molecule has 158 valence electrons. The summed E-state index contributed by atoms with van der Waals surface area (Å²) in [7, 11) is 0. The Hall–Kier alpha value is -2.83. The van der Waals surface area contributed by atoms with Gasteiger partial charge < -0.3 is 15.4 Å². The van der Waals surface area contributed by atoms with Crippen LogP contribution < -0.4 is 15.4 Å². The number of nitrogens with zero attached hydrogens (tertiary/aromatic N) is 2. The summed E-state index contributed by atoms with van der Waals surface area (Å²) in [6.45, 7) is 2.28. The molecule has 2 unspecified atom stereocenters. The number of carbonyl (C=O) groups is 1. The molecule has 1 amide bonds. The minimum Gasteiger partial charge on any atom is -0.491 e. The predicted molar refractivity (Wildman–Crippen MR) is 119 cm³/mol. The van der Waals surface area contributed by atoms with Gasteiger partial charge in [0, 0.05) is 12.7 Å². The number of amides is 1. The normalized spacial score (nSPS) is 16.9. The Labute approximate surface area is 183 Å². The van der Waals surface area contributed by atoms with E-state index in [2.05, 4.69) is 15.7 Å². The topological polar surface area (TPSA) is 68.2 Å². The number of hydrogen-bond donors (Lipinski definition) is 2. The van der Waals surface area contributed by atoms with E-state index in [1.807, 2.05) is 71.5 Å². The number of benzene rings is 2. The molecule has 0 bridgehead atoms. The third-order valence-corrected chi connectivity index (χ3v) is 5.15. The molecule has 3 aromatic rings. The molecule has 2 aromatic carbocycles. The van der Waals surface area contributed by atoms with Crippen LogP contribution in [0.2, 0.25) is 0 Å². The van der Waals surface area contributed by atoms with E-state index < -0.39 is 0 Å². The van der Waals surface area contributed by atoms with Gasteiger partial charge >= 0.3 is 0 Å². The number of nitrogens with one attached hydrogen (secondary N) is 2. The van der Waals surface area contributed by atoms with Gasteiger partial charge in [0.1, 0.15) is 18.1 Å². The van der Waals surface area contributed by atoms with Gasteiger partial charge in [-0.1, -0.05) is 48.5 Å². The molecule has 1 saturated heterocycles. The Morgan fingerprint density at radius 2 is 1.87 bits per heavy atom. The maximum absolute atomic E-state index is 12.9. The largest absolute Gasteiger partial charge is 0.491 e. The summed E-state index contributed by atoms with van der Waals surface area (Å²) in [4.78, 5) is 12.9. The second-order valence-corrected chi connectivity index (χ2v) is 7.24. The monoisotopic (exact) mass is 426 g/mol. The summed E-state index contributed by atoms with van der Waals surface area (Å²) < 4.78 is 7.81. The fourth-order valence-electron chi connectivity index (χ4n) is 3.56. The fourth-order valence-corrected chi connectivity index (χ4v) is 3.56. The van der Waals surface area contributed by atoms with E-state index in [1.165, 1.54) is 0 Å². The molecule has 2 N–H and O–H groups in total. The van der Waals surface area contributed by atoms with E-state index in [0.717, 1.165) is 37.2 Å². The third-order valence-electron chi connectivity index (χ3n) is 5.15. The van der Waals surface area contributed by atoms with Gasteiger partial charge in [-0.2, -0.15) is 5.10 Å².